The topological polar surface area (TPSA) is 96.0 Å². The summed E-state index contributed by atoms with van der Waals surface area (Å²) in [5.41, 5.74) is 2.87. The van der Waals surface area contributed by atoms with E-state index in [4.69, 9.17) is 16.3 Å². The van der Waals surface area contributed by atoms with Crippen molar-refractivity contribution in [1.29, 1.82) is 0 Å². The van der Waals surface area contributed by atoms with E-state index in [1.807, 2.05) is 58.0 Å². The SMILES string of the molecule is CCOc1ccc(S(=O)(=O)N(CC(=O)N(Cc2ccc(Cl)cc2)[C@H](Cc2ccccc2)C(=O)N[C@@H](C)CC)c2ccc(C)cc2)cc1. The smallest absolute Gasteiger partial charge is 0.264 e. The highest BCUT2D eigenvalue weighted by Crippen LogP contribution is 2.27. The van der Waals surface area contributed by atoms with Gasteiger partial charge in [0, 0.05) is 24.0 Å². The van der Waals surface area contributed by atoms with E-state index >= 15 is 0 Å². The van der Waals surface area contributed by atoms with Gasteiger partial charge in [0.1, 0.15) is 18.3 Å². The third-order valence-electron chi connectivity index (χ3n) is 7.86. The van der Waals surface area contributed by atoms with E-state index < -0.39 is 28.5 Å². The van der Waals surface area contributed by atoms with Crippen molar-refractivity contribution in [3.05, 3.63) is 125 Å². The zero-order valence-electron chi connectivity index (χ0n) is 27.2. The number of rotatable bonds is 15. The van der Waals surface area contributed by atoms with E-state index in [9.17, 15) is 18.0 Å². The molecule has 4 rings (SSSR count). The zero-order chi connectivity index (χ0) is 34.0. The lowest BCUT2D eigenvalue weighted by atomic mass is 10.0. The van der Waals surface area contributed by atoms with Crippen molar-refractivity contribution in [2.24, 2.45) is 0 Å². The van der Waals surface area contributed by atoms with Crippen LogP contribution in [0, 0.1) is 6.92 Å². The summed E-state index contributed by atoms with van der Waals surface area (Å²) in [6.45, 7) is 7.59. The van der Waals surface area contributed by atoms with Crippen molar-refractivity contribution < 1.29 is 22.7 Å². The predicted molar refractivity (Wildman–Crippen MR) is 187 cm³/mol. The first-order chi connectivity index (χ1) is 22.5. The summed E-state index contributed by atoms with van der Waals surface area (Å²) in [6.07, 6.45) is 0.940. The molecular weight excluding hydrogens is 634 g/mol. The minimum Gasteiger partial charge on any atom is -0.494 e. The van der Waals surface area contributed by atoms with Crippen LogP contribution in [0.25, 0.3) is 0 Å². The molecule has 4 aromatic carbocycles. The second kappa shape index (κ2) is 16.5. The average molecular weight is 676 g/mol. The molecule has 0 aliphatic heterocycles. The van der Waals surface area contributed by atoms with Crippen molar-refractivity contribution in [3.8, 4) is 5.75 Å². The first kappa shape index (κ1) is 35.5. The molecule has 0 aromatic heterocycles. The number of carbonyl (C=O) groups is 2. The van der Waals surface area contributed by atoms with Gasteiger partial charge in [0.25, 0.3) is 10.0 Å². The molecule has 4 aromatic rings. The Kier molecular flexibility index (Phi) is 12.4. The maximum Gasteiger partial charge on any atom is 0.264 e. The van der Waals surface area contributed by atoms with Gasteiger partial charge in [-0.3, -0.25) is 13.9 Å². The largest absolute Gasteiger partial charge is 0.494 e. The average Bonchev–Trinajstić information content (AvgIpc) is 3.07. The number of benzene rings is 4. The highest BCUT2D eigenvalue weighted by molar-refractivity contribution is 7.92. The fourth-order valence-corrected chi connectivity index (χ4v) is 6.56. The molecule has 8 nitrogen and oxygen atoms in total. The van der Waals surface area contributed by atoms with Crippen LogP contribution in [0.1, 0.15) is 43.9 Å². The van der Waals surface area contributed by atoms with Gasteiger partial charge < -0.3 is 15.0 Å². The van der Waals surface area contributed by atoms with Crippen LogP contribution in [0.5, 0.6) is 5.75 Å². The van der Waals surface area contributed by atoms with Crippen LogP contribution in [-0.4, -0.2) is 50.4 Å². The summed E-state index contributed by atoms with van der Waals surface area (Å²) < 4.78 is 35.1. The van der Waals surface area contributed by atoms with Crippen LogP contribution < -0.4 is 14.4 Å². The maximum atomic E-state index is 14.6. The van der Waals surface area contributed by atoms with Crippen molar-refractivity contribution in [2.75, 3.05) is 17.5 Å². The summed E-state index contributed by atoms with van der Waals surface area (Å²) >= 11 is 6.16. The Balaban J connectivity index is 1.79. The Morgan fingerprint density at radius 3 is 2.09 bits per heavy atom. The van der Waals surface area contributed by atoms with Crippen molar-refractivity contribution in [2.45, 2.75) is 64.1 Å². The highest BCUT2D eigenvalue weighted by Gasteiger charge is 2.35. The van der Waals surface area contributed by atoms with E-state index in [1.54, 1.807) is 60.7 Å². The van der Waals surface area contributed by atoms with Crippen LogP contribution >= 0.6 is 11.6 Å². The van der Waals surface area contributed by atoms with Gasteiger partial charge in [0.2, 0.25) is 11.8 Å². The van der Waals surface area contributed by atoms with Gasteiger partial charge in [-0.1, -0.05) is 78.7 Å². The summed E-state index contributed by atoms with van der Waals surface area (Å²) in [7, 11) is -4.22. The van der Waals surface area contributed by atoms with Gasteiger partial charge in [0.05, 0.1) is 17.2 Å². The molecule has 0 fully saturated rings. The number of halogens is 1. The minimum absolute atomic E-state index is 0.00827. The number of nitrogens with one attached hydrogen (secondary N) is 1. The molecule has 10 heteroatoms. The number of hydrogen-bond donors (Lipinski definition) is 1. The molecule has 0 saturated carbocycles. The summed E-state index contributed by atoms with van der Waals surface area (Å²) in [6, 6.07) is 28.5. The third-order valence-corrected chi connectivity index (χ3v) is 9.90. The number of carbonyl (C=O) groups excluding carboxylic acids is 2. The summed E-state index contributed by atoms with van der Waals surface area (Å²) in [4.78, 5) is 30.0. The summed E-state index contributed by atoms with van der Waals surface area (Å²) in [5.74, 6) is -0.313. The fraction of sp³-hybridized carbons (Fsp3) is 0.297. The number of aryl methyl sites for hydroxylation is 1. The molecule has 0 heterocycles. The lowest BCUT2D eigenvalue weighted by Crippen LogP contribution is -2.54. The number of nitrogens with zero attached hydrogens (tertiary/aromatic N) is 2. The van der Waals surface area contributed by atoms with Crippen molar-refractivity contribution in [3.63, 3.8) is 0 Å². The molecule has 0 aliphatic carbocycles. The van der Waals surface area contributed by atoms with Crippen LogP contribution in [0.3, 0.4) is 0 Å². The van der Waals surface area contributed by atoms with Gasteiger partial charge in [-0.25, -0.2) is 8.42 Å². The standard InChI is InChI=1S/C37H42ClN3O5S/c1-5-28(4)39-37(43)35(24-29-10-8-7-9-11-29)40(25-30-14-16-31(38)17-15-30)36(42)26-41(32-18-12-27(3)13-19-32)47(44,45)34-22-20-33(21-23-34)46-6-2/h7-23,28,35H,5-6,24-26H2,1-4H3,(H,39,43)/t28-,35+/m0/s1. The number of ether oxygens (including phenoxy) is 1. The van der Waals surface area contributed by atoms with Gasteiger partial charge in [0.15, 0.2) is 0 Å². The van der Waals surface area contributed by atoms with Crippen molar-refractivity contribution in [1.82, 2.24) is 10.2 Å². The molecule has 0 spiro atoms. The fourth-order valence-electron chi connectivity index (χ4n) is 5.02. The first-order valence-corrected chi connectivity index (χ1v) is 17.5. The monoisotopic (exact) mass is 675 g/mol. The van der Waals surface area contributed by atoms with E-state index in [2.05, 4.69) is 5.32 Å². The number of hydrogen-bond acceptors (Lipinski definition) is 5. The molecule has 0 radical (unpaired) electrons. The number of amides is 2. The minimum atomic E-state index is -4.22. The van der Waals surface area contributed by atoms with Crippen LogP contribution in [0.4, 0.5) is 5.69 Å². The third kappa shape index (κ3) is 9.59. The molecule has 0 saturated heterocycles. The molecular formula is C37H42ClN3O5S. The van der Waals surface area contributed by atoms with Crippen LogP contribution in [-0.2, 0) is 32.6 Å². The molecule has 0 unspecified atom stereocenters. The molecule has 0 aliphatic rings. The maximum absolute atomic E-state index is 14.6. The van der Waals surface area contributed by atoms with E-state index in [-0.39, 0.29) is 29.8 Å². The Labute approximate surface area is 283 Å². The lowest BCUT2D eigenvalue weighted by molar-refractivity contribution is -0.140. The quantitative estimate of drug-likeness (QED) is 0.150. The van der Waals surface area contributed by atoms with Gasteiger partial charge in [-0.05, 0) is 86.8 Å². The van der Waals surface area contributed by atoms with E-state index in [0.717, 1.165) is 21.0 Å². The summed E-state index contributed by atoms with van der Waals surface area (Å²) in [5, 5.41) is 3.58. The lowest BCUT2D eigenvalue weighted by Gasteiger charge is -2.34. The van der Waals surface area contributed by atoms with Crippen LogP contribution in [0.2, 0.25) is 5.02 Å². The molecule has 47 heavy (non-hydrogen) atoms. The Morgan fingerprint density at radius 2 is 1.49 bits per heavy atom. The zero-order valence-corrected chi connectivity index (χ0v) is 28.8. The second-order valence-corrected chi connectivity index (χ2v) is 13.7. The van der Waals surface area contributed by atoms with Gasteiger partial charge in [-0.15, -0.1) is 0 Å². The Morgan fingerprint density at radius 1 is 0.851 bits per heavy atom. The molecule has 2 amide bonds. The van der Waals surface area contributed by atoms with Gasteiger partial charge >= 0.3 is 0 Å². The molecule has 248 valence electrons. The predicted octanol–water partition coefficient (Wildman–Crippen LogP) is 6.80. The molecule has 0 bridgehead atoms. The normalized spacial score (nSPS) is 12.5. The number of sulfonamides is 1. The van der Waals surface area contributed by atoms with Crippen molar-refractivity contribution >= 4 is 39.1 Å². The highest BCUT2D eigenvalue weighted by atomic mass is 35.5. The Hall–Kier alpha value is -4.34. The van der Waals surface area contributed by atoms with E-state index in [0.29, 0.717) is 29.5 Å². The van der Waals surface area contributed by atoms with Gasteiger partial charge in [-0.2, -0.15) is 0 Å². The molecule has 2 atom stereocenters. The Bertz CT molecular complexity index is 1720. The first-order valence-electron chi connectivity index (χ1n) is 15.7. The van der Waals surface area contributed by atoms with Crippen LogP contribution in [0.15, 0.2) is 108 Å². The van der Waals surface area contributed by atoms with E-state index in [1.165, 1.54) is 17.0 Å². The second-order valence-electron chi connectivity index (χ2n) is 11.4. The number of anilines is 1. The molecule has 1 N–H and O–H groups in total.